The second kappa shape index (κ2) is 11.2. The van der Waals surface area contributed by atoms with Gasteiger partial charge in [-0.05, 0) is 29.8 Å². The third-order valence-electron chi connectivity index (χ3n) is 4.93. The number of aliphatic hydroxyl groups excluding tert-OH is 1. The number of aromatic nitrogens is 1. The van der Waals surface area contributed by atoms with Gasteiger partial charge < -0.3 is 14.8 Å². The zero-order valence-electron chi connectivity index (χ0n) is 19.0. The SMILES string of the molecule is CC(C)C(=O)C=C(O)C(C)C.Cc1cnc2c(c1)-c1ccccc1Oc1ccc[c-]c1-2.[Ir]. The van der Waals surface area contributed by atoms with Crippen LogP contribution in [0.2, 0.25) is 0 Å². The van der Waals surface area contributed by atoms with Crippen molar-refractivity contribution >= 4 is 5.78 Å². The summed E-state index contributed by atoms with van der Waals surface area (Å²) in [5.41, 5.74) is 5.15. The predicted octanol–water partition coefficient (Wildman–Crippen LogP) is 6.94. The van der Waals surface area contributed by atoms with E-state index >= 15 is 0 Å². The topological polar surface area (TPSA) is 59.4 Å². The monoisotopic (exact) mass is 607 g/mol. The number of aryl methyl sites for hydroxylation is 1. The Hall–Kier alpha value is -2.75. The zero-order valence-corrected chi connectivity index (χ0v) is 21.4. The molecule has 1 aliphatic heterocycles. The van der Waals surface area contributed by atoms with E-state index in [1.165, 1.54) is 6.08 Å². The standard InChI is InChI=1S/C18H12NO.C9H16O2.Ir/c1-12-10-15-13-6-2-4-8-16(13)20-17-9-5-3-7-14(17)18(15)19-11-12;1-6(2)8(10)5-9(11)7(3)4;/h2-6,8-11H,1H3;5-7,10H,1-4H3;/q-1;;. The number of allylic oxidation sites excluding steroid dienone is 2. The molecule has 1 aromatic heterocycles. The molecule has 0 fully saturated rings. The molecule has 2 heterocycles. The van der Waals surface area contributed by atoms with Gasteiger partial charge in [-0.15, -0.1) is 24.3 Å². The van der Waals surface area contributed by atoms with Crippen LogP contribution in [0.4, 0.5) is 0 Å². The number of hydrogen-bond donors (Lipinski definition) is 1. The Balaban J connectivity index is 0.000000263. The van der Waals surface area contributed by atoms with Crippen LogP contribution in [-0.2, 0) is 24.9 Å². The molecule has 0 bridgehead atoms. The average Bonchev–Trinajstić information content (AvgIpc) is 2.88. The number of hydrogen-bond acceptors (Lipinski definition) is 4. The fraction of sp³-hybridized carbons (Fsp3) is 0.259. The Morgan fingerprint density at radius 1 is 1.03 bits per heavy atom. The molecule has 0 saturated heterocycles. The molecule has 0 unspecified atom stereocenters. The van der Waals surface area contributed by atoms with Crippen molar-refractivity contribution < 1.29 is 34.7 Å². The average molecular weight is 607 g/mol. The molecule has 3 aromatic rings. The molecule has 2 aromatic carbocycles. The van der Waals surface area contributed by atoms with Gasteiger partial charge in [0.15, 0.2) is 5.78 Å². The van der Waals surface area contributed by atoms with Crippen molar-refractivity contribution in [3.8, 4) is 33.9 Å². The molecule has 0 spiro atoms. The number of benzene rings is 2. The largest absolute Gasteiger partial charge is 0.512 e. The number of fused-ring (bicyclic) bond motifs is 5. The fourth-order valence-electron chi connectivity index (χ4n) is 3.04. The van der Waals surface area contributed by atoms with Gasteiger partial charge in [0.05, 0.1) is 5.76 Å². The van der Waals surface area contributed by atoms with Crippen molar-refractivity contribution in [1.82, 2.24) is 4.98 Å². The van der Waals surface area contributed by atoms with Crippen molar-refractivity contribution in [3.05, 3.63) is 78.2 Å². The van der Waals surface area contributed by atoms with E-state index in [2.05, 4.69) is 30.1 Å². The number of para-hydroxylation sites is 1. The number of ketones is 1. The Morgan fingerprint density at radius 2 is 1.72 bits per heavy atom. The number of carbonyl (C=O) groups excluding carboxylic acids is 1. The van der Waals surface area contributed by atoms with Gasteiger partial charge in [-0.2, -0.15) is 0 Å². The van der Waals surface area contributed by atoms with Gasteiger partial charge in [0, 0.05) is 55.5 Å². The van der Waals surface area contributed by atoms with Crippen molar-refractivity contribution in [2.24, 2.45) is 11.8 Å². The summed E-state index contributed by atoms with van der Waals surface area (Å²) in [5, 5.41) is 9.19. The first-order chi connectivity index (χ1) is 14.8. The minimum Gasteiger partial charge on any atom is -0.512 e. The molecule has 32 heavy (non-hydrogen) atoms. The molecule has 4 nitrogen and oxygen atoms in total. The van der Waals surface area contributed by atoms with Crippen LogP contribution in [-0.4, -0.2) is 15.9 Å². The summed E-state index contributed by atoms with van der Waals surface area (Å²) in [6, 6.07) is 19.3. The number of ether oxygens (including phenoxy) is 1. The Bertz CT molecular complexity index is 1120. The minimum atomic E-state index is -0.0316. The summed E-state index contributed by atoms with van der Waals surface area (Å²) in [4.78, 5) is 15.6. The first kappa shape index (κ1) is 25.5. The Labute approximate surface area is 203 Å². The maximum atomic E-state index is 11.0. The smallest absolute Gasteiger partial charge is 0.161 e. The molecule has 1 radical (unpaired) electrons. The van der Waals surface area contributed by atoms with Crippen LogP contribution < -0.4 is 4.74 Å². The molecule has 0 saturated carbocycles. The predicted molar refractivity (Wildman–Crippen MR) is 124 cm³/mol. The van der Waals surface area contributed by atoms with Gasteiger partial charge in [-0.25, -0.2) is 0 Å². The first-order valence-corrected chi connectivity index (χ1v) is 10.5. The van der Waals surface area contributed by atoms with Gasteiger partial charge in [0.25, 0.3) is 0 Å². The number of carbonyl (C=O) groups is 1. The molecule has 169 valence electrons. The van der Waals surface area contributed by atoms with Crippen molar-refractivity contribution in [2.75, 3.05) is 0 Å². The van der Waals surface area contributed by atoms with Crippen LogP contribution in [0, 0.1) is 24.8 Å². The van der Waals surface area contributed by atoms with Crippen LogP contribution >= 0.6 is 0 Å². The van der Waals surface area contributed by atoms with E-state index in [4.69, 9.17) is 4.74 Å². The molecule has 1 N–H and O–H groups in total. The van der Waals surface area contributed by atoms with Crippen LogP contribution in [0.5, 0.6) is 11.5 Å². The van der Waals surface area contributed by atoms with Crippen LogP contribution in [0.3, 0.4) is 0 Å². The van der Waals surface area contributed by atoms with Gasteiger partial charge >= 0.3 is 0 Å². The van der Waals surface area contributed by atoms with E-state index in [0.29, 0.717) is 0 Å². The zero-order chi connectivity index (χ0) is 22.5. The van der Waals surface area contributed by atoms with E-state index in [1.54, 1.807) is 0 Å². The molecule has 0 amide bonds. The second-order valence-electron chi connectivity index (χ2n) is 8.20. The van der Waals surface area contributed by atoms with Crippen LogP contribution in [0.1, 0.15) is 33.3 Å². The third-order valence-corrected chi connectivity index (χ3v) is 4.93. The van der Waals surface area contributed by atoms with Gasteiger partial charge in [-0.1, -0.05) is 57.5 Å². The summed E-state index contributed by atoms with van der Waals surface area (Å²) in [7, 11) is 0. The number of aliphatic hydroxyl groups is 1. The van der Waals surface area contributed by atoms with Gasteiger partial charge in [-0.3, -0.25) is 4.79 Å². The van der Waals surface area contributed by atoms with Gasteiger partial charge in [0.1, 0.15) is 5.75 Å². The molecular formula is C27H28IrNO3-. The minimum absolute atomic E-state index is 0. The molecule has 0 aliphatic carbocycles. The van der Waals surface area contributed by atoms with E-state index < -0.39 is 0 Å². The summed E-state index contributed by atoms with van der Waals surface area (Å²) < 4.78 is 6.05. The molecule has 1 aliphatic rings. The normalized spacial score (nSPS) is 11.7. The summed E-state index contributed by atoms with van der Waals surface area (Å²) in [5.74, 6) is 1.82. The van der Waals surface area contributed by atoms with Crippen molar-refractivity contribution in [1.29, 1.82) is 0 Å². The van der Waals surface area contributed by atoms with E-state index in [1.807, 2.05) is 70.3 Å². The van der Waals surface area contributed by atoms with E-state index in [9.17, 15) is 9.90 Å². The van der Waals surface area contributed by atoms with Crippen molar-refractivity contribution in [2.45, 2.75) is 34.6 Å². The molecule has 5 heteroatoms. The summed E-state index contributed by atoms with van der Waals surface area (Å²) in [6.07, 6.45) is 3.20. The number of rotatable bonds is 3. The first-order valence-electron chi connectivity index (χ1n) is 10.5. The summed E-state index contributed by atoms with van der Waals surface area (Å²) >= 11 is 0. The maximum Gasteiger partial charge on any atom is 0.161 e. The van der Waals surface area contributed by atoms with Gasteiger partial charge in [0.2, 0.25) is 0 Å². The quantitative estimate of drug-likeness (QED) is 0.156. The maximum absolute atomic E-state index is 11.0. The third kappa shape index (κ3) is 5.93. The number of nitrogens with zero attached hydrogens (tertiary/aromatic N) is 1. The van der Waals surface area contributed by atoms with Crippen LogP contribution in [0.25, 0.3) is 22.4 Å². The second-order valence-corrected chi connectivity index (χ2v) is 8.20. The van der Waals surface area contributed by atoms with Crippen molar-refractivity contribution in [3.63, 3.8) is 0 Å². The molecule has 0 atom stereocenters. The Morgan fingerprint density at radius 3 is 2.41 bits per heavy atom. The molecular weight excluding hydrogens is 579 g/mol. The van der Waals surface area contributed by atoms with E-state index in [0.717, 1.165) is 39.4 Å². The van der Waals surface area contributed by atoms with E-state index in [-0.39, 0.29) is 43.5 Å². The van der Waals surface area contributed by atoms with Crippen LogP contribution in [0.15, 0.2) is 66.6 Å². The summed E-state index contributed by atoms with van der Waals surface area (Å²) in [6.45, 7) is 9.37. The molecule has 4 rings (SSSR count). The fourth-order valence-corrected chi connectivity index (χ4v) is 3.04. The number of pyridine rings is 1. The Kier molecular flexibility index (Phi) is 8.94.